The zero-order valence-corrected chi connectivity index (χ0v) is 10.7. The monoisotopic (exact) mass is 239 g/mol. The molecule has 16 heavy (non-hydrogen) atoms. The number of aryl methyl sites for hydroxylation is 1. The molecule has 0 aliphatic carbocycles. The summed E-state index contributed by atoms with van der Waals surface area (Å²) in [4.78, 5) is 13.6. The van der Waals surface area contributed by atoms with Crippen LogP contribution in [-0.4, -0.2) is 41.5 Å². The SMILES string of the molecule is CSCCN(C)C(=O)c1ccc(O)c(C)c1. The lowest BCUT2D eigenvalue weighted by Gasteiger charge is -2.16. The molecule has 1 aromatic carbocycles. The normalized spacial score (nSPS) is 10.2. The molecule has 0 unspecified atom stereocenters. The van der Waals surface area contributed by atoms with Gasteiger partial charge in [-0.15, -0.1) is 0 Å². The molecule has 0 saturated carbocycles. The molecule has 0 aliphatic heterocycles. The maximum Gasteiger partial charge on any atom is 0.253 e. The smallest absolute Gasteiger partial charge is 0.253 e. The number of nitrogens with zero attached hydrogens (tertiary/aromatic N) is 1. The predicted octanol–water partition coefficient (Wildman–Crippen LogP) is 2.14. The average molecular weight is 239 g/mol. The molecule has 0 saturated heterocycles. The molecule has 0 aliphatic rings. The zero-order chi connectivity index (χ0) is 12.1. The molecular formula is C12H17NO2S. The largest absolute Gasteiger partial charge is 0.508 e. The van der Waals surface area contributed by atoms with Crippen molar-refractivity contribution in [1.82, 2.24) is 4.90 Å². The highest BCUT2D eigenvalue weighted by Gasteiger charge is 2.11. The number of aromatic hydroxyl groups is 1. The van der Waals surface area contributed by atoms with Gasteiger partial charge in [0.1, 0.15) is 5.75 Å². The molecule has 0 bridgehead atoms. The van der Waals surface area contributed by atoms with Gasteiger partial charge in [-0.05, 0) is 36.9 Å². The van der Waals surface area contributed by atoms with Crippen molar-refractivity contribution in [3.8, 4) is 5.75 Å². The van der Waals surface area contributed by atoms with Gasteiger partial charge in [-0.2, -0.15) is 11.8 Å². The third-order valence-electron chi connectivity index (χ3n) is 2.42. The van der Waals surface area contributed by atoms with Crippen molar-refractivity contribution in [3.63, 3.8) is 0 Å². The molecule has 1 N–H and O–H groups in total. The van der Waals surface area contributed by atoms with Gasteiger partial charge in [-0.25, -0.2) is 0 Å². The first-order valence-electron chi connectivity index (χ1n) is 5.10. The lowest BCUT2D eigenvalue weighted by molar-refractivity contribution is 0.0803. The molecule has 0 fully saturated rings. The first-order chi connectivity index (χ1) is 7.56. The van der Waals surface area contributed by atoms with E-state index in [2.05, 4.69) is 0 Å². The molecule has 1 rings (SSSR count). The van der Waals surface area contributed by atoms with Crippen LogP contribution in [0.2, 0.25) is 0 Å². The minimum atomic E-state index is -0.00264. The van der Waals surface area contributed by atoms with Crippen molar-refractivity contribution in [2.75, 3.05) is 25.6 Å². The summed E-state index contributed by atoms with van der Waals surface area (Å²) in [6, 6.07) is 4.93. The quantitative estimate of drug-likeness (QED) is 0.875. The van der Waals surface area contributed by atoms with E-state index in [-0.39, 0.29) is 11.7 Å². The number of phenolic OH excluding ortho intramolecular Hbond substituents is 1. The van der Waals surface area contributed by atoms with Crippen molar-refractivity contribution in [3.05, 3.63) is 29.3 Å². The number of hydrogen-bond acceptors (Lipinski definition) is 3. The summed E-state index contributed by atoms with van der Waals surface area (Å²) in [5, 5.41) is 9.38. The van der Waals surface area contributed by atoms with E-state index in [0.717, 1.165) is 17.9 Å². The Morgan fingerprint density at radius 1 is 1.50 bits per heavy atom. The number of amides is 1. The summed E-state index contributed by atoms with van der Waals surface area (Å²) < 4.78 is 0. The topological polar surface area (TPSA) is 40.5 Å². The van der Waals surface area contributed by atoms with E-state index in [4.69, 9.17) is 0 Å². The van der Waals surface area contributed by atoms with E-state index in [0.29, 0.717) is 5.56 Å². The molecule has 1 amide bonds. The number of carbonyl (C=O) groups is 1. The number of phenols is 1. The predicted molar refractivity (Wildman–Crippen MR) is 68.2 cm³/mol. The first-order valence-corrected chi connectivity index (χ1v) is 6.49. The summed E-state index contributed by atoms with van der Waals surface area (Å²) in [7, 11) is 1.79. The highest BCUT2D eigenvalue weighted by Crippen LogP contribution is 2.17. The van der Waals surface area contributed by atoms with Crippen molar-refractivity contribution in [2.45, 2.75) is 6.92 Å². The highest BCUT2D eigenvalue weighted by atomic mass is 32.2. The minimum absolute atomic E-state index is 0.00264. The first kappa shape index (κ1) is 12.9. The third kappa shape index (κ3) is 3.17. The second-order valence-electron chi connectivity index (χ2n) is 3.72. The third-order valence-corrected chi connectivity index (χ3v) is 3.01. The van der Waals surface area contributed by atoms with Crippen molar-refractivity contribution in [2.24, 2.45) is 0 Å². The lowest BCUT2D eigenvalue weighted by Crippen LogP contribution is -2.28. The number of hydrogen-bond donors (Lipinski definition) is 1. The maximum atomic E-state index is 11.9. The summed E-state index contributed by atoms with van der Waals surface area (Å²) in [5.41, 5.74) is 1.35. The van der Waals surface area contributed by atoms with E-state index in [1.165, 1.54) is 0 Å². The Balaban J connectivity index is 2.76. The van der Waals surface area contributed by atoms with Gasteiger partial charge in [0.25, 0.3) is 5.91 Å². The molecule has 0 spiro atoms. The Bertz CT molecular complexity index is 379. The van der Waals surface area contributed by atoms with E-state index < -0.39 is 0 Å². The molecule has 1 aromatic rings. The van der Waals surface area contributed by atoms with Crippen LogP contribution in [0.15, 0.2) is 18.2 Å². The molecule has 0 atom stereocenters. The Hall–Kier alpha value is -1.16. The van der Waals surface area contributed by atoms with Crippen LogP contribution in [0.5, 0.6) is 5.75 Å². The van der Waals surface area contributed by atoms with Gasteiger partial charge < -0.3 is 10.0 Å². The summed E-state index contributed by atoms with van der Waals surface area (Å²) in [5.74, 6) is 1.15. The zero-order valence-electron chi connectivity index (χ0n) is 9.86. The fourth-order valence-electron chi connectivity index (χ4n) is 1.34. The van der Waals surface area contributed by atoms with Crippen molar-refractivity contribution < 1.29 is 9.90 Å². The highest BCUT2D eigenvalue weighted by molar-refractivity contribution is 7.98. The van der Waals surface area contributed by atoms with Crippen LogP contribution in [-0.2, 0) is 0 Å². The molecule has 4 heteroatoms. The minimum Gasteiger partial charge on any atom is -0.508 e. The van der Waals surface area contributed by atoms with Crippen LogP contribution in [0.3, 0.4) is 0 Å². The van der Waals surface area contributed by atoms with Gasteiger partial charge in [0.15, 0.2) is 0 Å². The summed E-state index contributed by atoms with van der Waals surface area (Å²) >= 11 is 1.71. The van der Waals surface area contributed by atoms with E-state index in [9.17, 15) is 9.90 Å². The van der Waals surface area contributed by atoms with Gasteiger partial charge in [0.05, 0.1) is 0 Å². The molecule has 88 valence electrons. The lowest BCUT2D eigenvalue weighted by atomic mass is 10.1. The van der Waals surface area contributed by atoms with Crippen LogP contribution >= 0.6 is 11.8 Å². The maximum absolute atomic E-state index is 11.9. The number of carbonyl (C=O) groups excluding carboxylic acids is 1. The Kier molecular flexibility index (Phi) is 4.68. The Morgan fingerprint density at radius 2 is 2.19 bits per heavy atom. The average Bonchev–Trinajstić information content (AvgIpc) is 2.28. The fraction of sp³-hybridized carbons (Fsp3) is 0.417. The molecular weight excluding hydrogens is 222 g/mol. The van der Waals surface area contributed by atoms with E-state index in [1.807, 2.05) is 6.26 Å². The van der Waals surface area contributed by atoms with Gasteiger partial charge in [-0.1, -0.05) is 0 Å². The molecule has 0 aromatic heterocycles. The number of benzene rings is 1. The molecule has 3 nitrogen and oxygen atoms in total. The van der Waals surface area contributed by atoms with Crippen LogP contribution < -0.4 is 0 Å². The Morgan fingerprint density at radius 3 is 2.75 bits per heavy atom. The second-order valence-corrected chi connectivity index (χ2v) is 4.71. The van der Waals surface area contributed by atoms with E-state index >= 15 is 0 Å². The van der Waals surface area contributed by atoms with Gasteiger partial charge in [0, 0.05) is 24.9 Å². The van der Waals surface area contributed by atoms with Gasteiger partial charge in [0.2, 0.25) is 0 Å². The molecule has 0 radical (unpaired) electrons. The van der Waals surface area contributed by atoms with Crippen molar-refractivity contribution in [1.29, 1.82) is 0 Å². The van der Waals surface area contributed by atoms with E-state index in [1.54, 1.807) is 48.8 Å². The van der Waals surface area contributed by atoms with Gasteiger partial charge >= 0.3 is 0 Å². The number of rotatable bonds is 4. The fourth-order valence-corrected chi connectivity index (χ4v) is 1.80. The van der Waals surface area contributed by atoms with Crippen LogP contribution in [0, 0.1) is 6.92 Å². The van der Waals surface area contributed by atoms with Gasteiger partial charge in [-0.3, -0.25) is 4.79 Å². The summed E-state index contributed by atoms with van der Waals surface area (Å²) in [6.07, 6.45) is 2.02. The molecule has 0 heterocycles. The standard InChI is InChI=1S/C12H17NO2S/c1-9-8-10(4-5-11(9)14)12(15)13(2)6-7-16-3/h4-5,8,14H,6-7H2,1-3H3. The van der Waals surface area contributed by atoms with Crippen molar-refractivity contribution >= 4 is 17.7 Å². The summed E-state index contributed by atoms with van der Waals surface area (Å²) in [6.45, 7) is 2.52. The van der Waals surface area contributed by atoms with Crippen LogP contribution in [0.25, 0.3) is 0 Å². The van der Waals surface area contributed by atoms with Crippen LogP contribution in [0.4, 0.5) is 0 Å². The number of thioether (sulfide) groups is 1. The van der Waals surface area contributed by atoms with Crippen LogP contribution in [0.1, 0.15) is 15.9 Å². The second kappa shape index (κ2) is 5.80. The Labute approximate surface area is 100 Å².